The Hall–Kier alpha value is -2.71. The monoisotopic (exact) mass is 280 g/mol. The summed E-state index contributed by atoms with van der Waals surface area (Å²) in [6, 6.07) is 14.8. The van der Waals surface area contributed by atoms with Gasteiger partial charge in [0.15, 0.2) is 0 Å². The Morgan fingerprint density at radius 1 is 1.24 bits per heavy atom. The molecule has 21 heavy (non-hydrogen) atoms. The first-order chi connectivity index (χ1) is 10.2. The predicted molar refractivity (Wildman–Crippen MR) is 79.2 cm³/mol. The Balaban J connectivity index is 2.16. The van der Waals surface area contributed by atoms with E-state index in [9.17, 15) is 4.79 Å². The smallest absolute Gasteiger partial charge is 0.272 e. The van der Waals surface area contributed by atoms with Crippen LogP contribution in [0.1, 0.15) is 21.6 Å². The molecule has 5 nitrogen and oxygen atoms in total. The molecule has 106 valence electrons. The topological polar surface area (TPSA) is 83.0 Å². The lowest BCUT2D eigenvalue weighted by Crippen LogP contribution is -2.35. The van der Waals surface area contributed by atoms with Crippen LogP contribution in [0.5, 0.6) is 0 Å². The molecule has 2 N–H and O–H groups in total. The first kappa shape index (κ1) is 14.7. The van der Waals surface area contributed by atoms with Crippen molar-refractivity contribution >= 4 is 5.91 Å². The molecule has 0 aliphatic rings. The highest BCUT2D eigenvalue weighted by Crippen LogP contribution is 2.09. The number of hydrogen-bond acceptors (Lipinski definition) is 4. The van der Waals surface area contributed by atoms with Crippen LogP contribution in [0.4, 0.5) is 0 Å². The van der Waals surface area contributed by atoms with Crippen molar-refractivity contribution in [2.75, 3.05) is 13.1 Å². The normalized spacial score (nSPS) is 9.90. The first-order valence-electron chi connectivity index (χ1n) is 6.64. The van der Waals surface area contributed by atoms with Gasteiger partial charge in [-0.1, -0.05) is 30.3 Å². The highest BCUT2D eigenvalue weighted by atomic mass is 16.2. The zero-order chi connectivity index (χ0) is 15.1. The standard InChI is InChI=1S/C16H16N4O/c17-8-9-20(12-13-4-2-1-3-5-13)16(21)15-7-6-14(10-18)11-19-15/h1-7,11H,8-9,12,17H2. The molecular formula is C16H16N4O. The third-order valence-electron chi connectivity index (χ3n) is 3.01. The second kappa shape index (κ2) is 7.17. The molecule has 0 aliphatic carbocycles. The zero-order valence-corrected chi connectivity index (χ0v) is 11.6. The van der Waals surface area contributed by atoms with Crippen LogP contribution in [-0.4, -0.2) is 28.9 Å². The van der Waals surface area contributed by atoms with Gasteiger partial charge in [-0.15, -0.1) is 0 Å². The summed E-state index contributed by atoms with van der Waals surface area (Å²) < 4.78 is 0. The van der Waals surface area contributed by atoms with Gasteiger partial charge in [-0.25, -0.2) is 4.98 Å². The molecule has 0 fully saturated rings. The molecule has 1 aromatic heterocycles. The average Bonchev–Trinajstić information content (AvgIpc) is 2.55. The molecule has 0 bridgehead atoms. The van der Waals surface area contributed by atoms with Gasteiger partial charge < -0.3 is 10.6 Å². The van der Waals surface area contributed by atoms with E-state index in [0.717, 1.165) is 5.56 Å². The van der Waals surface area contributed by atoms with E-state index in [-0.39, 0.29) is 5.91 Å². The number of benzene rings is 1. The van der Waals surface area contributed by atoms with E-state index in [0.29, 0.717) is 30.9 Å². The van der Waals surface area contributed by atoms with Crippen molar-refractivity contribution in [1.29, 1.82) is 5.26 Å². The Bertz CT molecular complexity index is 632. The van der Waals surface area contributed by atoms with Gasteiger partial charge in [-0.05, 0) is 17.7 Å². The van der Waals surface area contributed by atoms with Gasteiger partial charge in [0.05, 0.1) is 5.56 Å². The van der Waals surface area contributed by atoms with Crippen LogP contribution in [0, 0.1) is 11.3 Å². The molecule has 0 saturated heterocycles. The molecule has 1 amide bonds. The number of nitrogens with two attached hydrogens (primary N) is 1. The minimum atomic E-state index is -0.186. The van der Waals surface area contributed by atoms with Crippen molar-refractivity contribution in [3.63, 3.8) is 0 Å². The van der Waals surface area contributed by atoms with Crippen LogP contribution < -0.4 is 5.73 Å². The number of nitriles is 1. The fraction of sp³-hybridized carbons (Fsp3) is 0.188. The van der Waals surface area contributed by atoms with Crippen molar-refractivity contribution < 1.29 is 4.79 Å². The average molecular weight is 280 g/mol. The molecular weight excluding hydrogens is 264 g/mol. The Kier molecular flexibility index (Phi) is 5.02. The molecule has 0 spiro atoms. The number of hydrogen-bond donors (Lipinski definition) is 1. The van der Waals surface area contributed by atoms with Gasteiger partial charge in [-0.2, -0.15) is 5.26 Å². The van der Waals surface area contributed by atoms with E-state index in [2.05, 4.69) is 4.98 Å². The fourth-order valence-corrected chi connectivity index (χ4v) is 1.96. The van der Waals surface area contributed by atoms with Crippen LogP contribution in [0.25, 0.3) is 0 Å². The SMILES string of the molecule is N#Cc1ccc(C(=O)N(CCN)Cc2ccccc2)nc1. The predicted octanol–water partition coefficient (Wildman–Crippen LogP) is 1.55. The maximum absolute atomic E-state index is 12.5. The van der Waals surface area contributed by atoms with Crippen molar-refractivity contribution in [2.45, 2.75) is 6.54 Å². The maximum atomic E-state index is 12.5. The minimum absolute atomic E-state index is 0.186. The second-order valence-corrected chi connectivity index (χ2v) is 4.54. The summed E-state index contributed by atoms with van der Waals surface area (Å²) in [5.74, 6) is -0.186. The van der Waals surface area contributed by atoms with Gasteiger partial charge in [0.25, 0.3) is 5.91 Å². The molecule has 1 heterocycles. The molecule has 2 rings (SSSR count). The van der Waals surface area contributed by atoms with E-state index < -0.39 is 0 Å². The quantitative estimate of drug-likeness (QED) is 0.900. The molecule has 0 unspecified atom stereocenters. The maximum Gasteiger partial charge on any atom is 0.272 e. The van der Waals surface area contributed by atoms with Crippen LogP contribution in [0.2, 0.25) is 0 Å². The molecule has 0 saturated carbocycles. The Morgan fingerprint density at radius 2 is 2.00 bits per heavy atom. The molecule has 2 aromatic rings. The van der Waals surface area contributed by atoms with Gasteiger partial charge >= 0.3 is 0 Å². The van der Waals surface area contributed by atoms with Crippen molar-refractivity contribution in [3.8, 4) is 6.07 Å². The summed E-state index contributed by atoms with van der Waals surface area (Å²) in [7, 11) is 0. The van der Waals surface area contributed by atoms with Crippen molar-refractivity contribution in [1.82, 2.24) is 9.88 Å². The summed E-state index contributed by atoms with van der Waals surface area (Å²) in [5.41, 5.74) is 7.37. The van der Waals surface area contributed by atoms with Gasteiger partial charge in [0, 0.05) is 25.8 Å². The lowest BCUT2D eigenvalue weighted by atomic mass is 10.2. The highest BCUT2D eigenvalue weighted by molar-refractivity contribution is 5.92. The number of rotatable bonds is 5. The molecule has 1 aromatic carbocycles. The van der Waals surface area contributed by atoms with Crippen molar-refractivity contribution in [3.05, 3.63) is 65.5 Å². The largest absolute Gasteiger partial charge is 0.332 e. The zero-order valence-electron chi connectivity index (χ0n) is 11.6. The number of aromatic nitrogens is 1. The summed E-state index contributed by atoms with van der Waals surface area (Å²) in [6.07, 6.45) is 1.40. The summed E-state index contributed by atoms with van der Waals surface area (Å²) in [4.78, 5) is 18.2. The Labute approximate surface area is 123 Å². The molecule has 0 aliphatic heterocycles. The van der Waals surface area contributed by atoms with E-state index in [1.54, 1.807) is 17.0 Å². The van der Waals surface area contributed by atoms with Gasteiger partial charge in [0.2, 0.25) is 0 Å². The number of amides is 1. The first-order valence-corrected chi connectivity index (χ1v) is 6.64. The van der Waals surface area contributed by atoms with E-state index in [1.807, 2.05) is 36.4 Å². The van der Waals surface area contributed by atoms with Gasteiger partial charge in [0.1, 0.15) is 11.8 Å². The number of pyridine rings is 1. The van der Waals surface area contributed by atoms with E-state index >= 15 is 0 Å². The Morgan fingerprint density at radius 3 is 2.57 bits per heavy atom. The second-order valence-electron chi connectivity index (χ2n) is 4.54. The van der Waals surface area contributed by atoms with Gasteiger partial charge in [-0.3, -0.25) is 4.79 Å². The van der Waals surface area contributed by atoms with E-state index in [1.165, 1.54) is 6.20 Å². The summed E-state index contributed by atoms with van der Waals surface area (Å²) in [5, 5.41) is 8.75. The van der Waals surface area contributed by atoms with Crippen LogP contribution in [0.3, 0.4) is 0 Å². The van der Waals surface area contributed by atoms with E-state index in [4.69, 9.17) is 11.0 Å². The van der Waals surface area contributed by atoms with Crippen LogP contribution in [0.15, 0.2) is 48.7 Å². The van der Waals surface area contributed by atoms with Crippen LogP contribution in [-0.2, 0) is 6.54 Å². The lowest BCUT2D eigenvalue weighted by Gasteiger charge is -2.21. The third kappa shape index (κ3) is 3.88. The molecule has 5 heteroatoms. The highest BCUT2D eigenvalue weighted by Gasteiger charge is 2.16. The molecule has 0 atom stereocenters. The third-order valence-corrected chi connectivity index (χ3v) is 3.01. The number of carbonyl (C=O) groups is 1. The number of carbonyl (C=O) groups excluding carboxylic acids is 1. The van der Waals surface area contributed by atoms with Crippen molar-refractivity contribution in [2.24, 2.45) is 5.73 Å². The summed E-state index contributed by atoms with van der Waals surface area (Å²) >= 11 is 0. The fourth-order valence-electron chi connectivity index (χ4n) is 1.96. The lowest BCUT2D eigenvalue weighted by molar-refractivity contribution is 0.0742. The molecule has 0 radical (unpaired) electrons. The van der Waals surface area contributed by atoms with Crippen LogP contribution >= 0.6 is 0 Å². The summed E-state index contributed by atoms with van der Waals surface area (Å²) in [6.45, 7) is 1.32. The number of nitrogens with zero attached hydrogens (tertiary/aromatic N) is 3. The minimum Gasteiger partial charge on any atom is -0.332 e.